The lowest BCUT2D eigenvalue weighted by Crippen LogP contribution is -2.51. The van der Waals surface area contributed by atoms with Gasteiger partial charge in [0.25, 0.3) is 0 Å². The van der Waals surface area contributed by atoms with Crippen LogP contribution in [0.1, 0.15) is 5.56 Å². The average molecular weight is 293 g/mol. The minimum atomic E-state index is -0.746. The molecule has 1 aromatic rings. The highest BCUT2D eigenvalue weighted by Crippen LogP contribution is 2.47. The van der Waals surface area contributed by atoms with Gasteiger partial charge in [-0.25, -0.2) is 0 Å². The Morgan fingerprint density at radius 2 is 2.00 bits per heavy atom. The molecule has 0 atom stereocenters. The first-order chi connectivity index (χ1) is 9.68. The molecule has 2 fully saturated rings. The van der Waals surface area contributed by atoms with E-state index in [1.54, 1.807) is 0 Å². The van der Waals surface area contributed by atoms with Crippen molar-refractivity contribution < 1.29 is 8.95 Å². The van der Waals surface area contributed by atoms with Crippen molar-refractivity contribution in [2.24, 2.45) is 0 Å². The Balaban J connectivity index is 1.67. The van der Waals surface area contributed by atoms with Crippen molar-refractivity contribution in [3.05, 3.63) is 29.0 Å². The third-order valence-electron chi connectivity index (χ3n) is 4.52. The quantitative estimate of drug-likeness (QED) is 0.768. The summed E-state index contributed by atoms with van der Waals surface area (Å²) in [6.45, 7) is 3.67. The molecule has 3 heterocycles. The largest absolute Gasteiger partial charge is 0.758 e. The van der Waals surface area contributed by atoms with Gasteiger partial charge in [0, 0.05) is 58.7 Å². The van der Waals surface area contributed by atoms with Crippen LogP contribution in [0.5, 0.6) is 0 Å². The maximum absolute atomic E-state index is 12.2. The van der Waals surface area contributed by atoms with E-state index in [2.05, 4.69) is 17.0 Å². The van der Waals surface area contributed by atoms with Crippen molar-refractivity contribution in [3.63, 3.8) is 0 Å². The lowest BCUT2D eigenvalue weighted by Gasteiger charge is -2.39. The Bertz CT molecular complexity index is 564. The van der Waals surface area contributed by atoms with Crippen LogP contribution in [0, 0.1) is 5.21 Å². The van der Waals surface area contributed by atoms with E-state index < -0.39 is 10.8 Å². The number of ether oxygens (including phenoxy) is 1. The van der Waals surface area contributed by atoms with Crippen LogP contribution in [0.2, 0.25) is 0 Å². The van der Waals surface area contributed by atoms with Crippen LogP contribution in [-0.2, 0) is 21.0 Å². The van der Waals surface area contributed by atoms with Gasteiger partial charge >= 0.3 is 0 Å². The summed E-state index contributed by atoms with van der Waals surface area (Å²) in [6, 6.07) is 6.14. The zero-order valence-corrected chi connectivity index (χ0v) is 12.0. The lowest BCUT2D eigenvalue weighted by atomic mass is 9.85. The van der Waals surface area contributed by atoms with Crippen molar-refractivity contribution in [1.29, 1.82) is 0 Å². The monoisotopic (exact) mass is 293 g/mol. The molecule has 5 nitrogen and oxygen atoms in total. The molecule has 108 valence electrons. The van der Waals surface area contributed by atoms with Crippen LogP contribution in [0.15, 0.2) is 18.2 Å². The molecule has 0 saturated carbocycles. The third kappa shape index (κ3) is 1.78. The fourth-order valence-electron chi connectivity index (χ4n) is 3.46. The average Bonchev–Trinajstić information content (AvgIpc) is 2.73. The minimum absolute atomic E-state index is 0.147. The summed E-state index contributed by atoms with van der Waals surface area (Å²) in [5, 5.41) is 13.3. The molecule has 0 amide bonds. The van der Waals surface area contributed by atoms with Crippen LogP contribution in [0.3, 0.4) is 0 Å². The maximum Gasteiger partial charge on any atom is 0.0642 e. The molecule has 0 aliphatic carbocycles. The van der Waals surface area contributed by atoms with E-state index in [0.717, 1.165) is 48.3 Å². The SMILES string of the molecule is O=S1CC2(CN([O-])c3cc(N4CCOCC4)ccc32)C1. The van der Waals surface area contributed by atoms with Crippen molar-refractivity contribution in [3.8, 4) is 0 Å². The van der Waals surface area contributed by atoms with E-state index >= 15 is 0 Å². The van der Waals surface area contributed by atoms with Crippen LogP contribution < -0.4 is 9.96 Å². The van der Waals surface area contributed by atoms with Gasteiger partial charge in [-0.1, -0.05) is 6.07 Å². The molecular formula is C14H17N2O3S-. The van der Waals surface area contributed by atoms with Gasteiger partial charge in [0.05, 0.1) is 13.2 Å². The Morgan fingerprint density at radius 3 is 2.70 bits per heavy atom. The predicted octanol–water partition coefficient (Wildman–Crippen LogP) is 0.841. The first kappa shape index (κ1) is 12.6. The van der Waals surface area contributed by atoms with Crippen molar-refractivity contribution in [2.75, 3.05) is 54.3 Å². The summed E-state index contributed by atoms with van der Waals surface area (Å²) >= 11 is 0. The van der Waals surface area contributed by atoms with Gasteiger partial charge in [0.1, 0.15) is 0 Å². The van der Waals surface area contributed by atoms with Crippen LogP contribution in [0.25, 0.3) is 0 Å². The molecule has 0 N–H and O–H groups in total. The van der Waals surface area contributed by atoms with E-state index in [1.165, 1.54) is 0 Å². The van der Waals surface area contributed by atoms with E-state index in [-0.39, 0.29) is 5.41 Å². The number of morpholine rings is 1. The fraction of sp³-hybridized carbons (Fsp3) is 0.571. The number of benzene rings is 1. The normalized spacial score (nSPS) is 32.4. The van der Waals surface area contributed by atoms with Crippen molar-refractivity contribution >= 4 is 22.2 Å². The number of fused-ring (bicyclic) bond motifs is 2. The second-order valence-electron chi connectivity index (χ2n) is 5.85. The zero-order valence-electron chi connectivity index (χ0n) is 11.2. The third-order valence-corrected chi connectivity index (χ3v) is 6.27. The molecule has 1 aromatic carbocycles. The molecule has 4 rings (SSSR count). The van der Waals surface area contributed by atoms with Crippen LogP contribution in [-0.4, -0.2) is 48.6 Å². The number of rotatable bonds is 1. The number of anilines is 2. The van der Waals surface area contributed by atoms with Gasteiger partial charge < -0.3 is 19.9 Å². The van der Waals surface area contributed by atoms with Gasteiger partial charge in [-0.3, -0.25) is 4.21 Å². The van der Waals surface area contributed by atoms with Gasteiger partial charge in [0.2, 0.25) is 0 Å². The van der Waals surface area contributed by atoms with Crippen molar-refractivity contribution in [1.82, 2.24) is 0 Å². The molecule has 0 bridgehead atoms. The molecule has 3 aliphatic rings. The molecular weight excluding hydrogens is 276 g/mol. The maximum atomic E-state index is 12.2. The molecule has 0 unspecified atom stereocenters. The summed E-state index contributed by atoms with van der Waals surface area (Å²) in [6.07, 6.45) is 0. The molecule has 1 spiro atoms. The molecule has 6 heteroatoms. The Labute approximate surface area is 120 Å². The van der Waals surface area contributed by atoms with Crippen LogP contribution >= 0.6 is 0 Å². The van der Waals surface area contributed by atoms with E-state index in [1.807, 2.05) is 6.07 Å². The first-order valence-electron chi connectivity index (χ1n) is 6.95. The first-order valence-corrected chi connectivity index (χ1v) is 8.44. The minimum Gasteiger partial charge on any atom is -0.758 e. The van der Waals surface area contributed by atoms with Crippen molar-refractivity contribution in [2.45, 2.75) is 5.41 Å². The van der Waals surface area contributed by atoms with E-state index in [0.29, 0.717) is 18.1 Å². The topological polar surface area (TPSA) is 55.8 Å². The number of hydrogen-bond acceptors (Lipinski definition) is 5. The summed E-state index contributed by atoms with van der Waals surface area (Å²) in [7, 11) is -0.746. The summed E-state index contributed by atoms with van der Waals surface area (Å²) < 4.78 is 16.8. The van der Waals surface area contributed by atoms with Gasteiger partial charge in [-0.15, -0.1) is 0 Å². The Morgan fingerprint density at radius 1 is 1.25 bits per heavy atom. The standard InChI is InChI=1S/C14H17N2O3S/c17-16-8-14(9-20(18)10-14)12-2-1-11(7-13(12)16)15-3-5-19-6-4-15/h1-2,7H,3-6,8-10H2/q-1. The predicted molar refractivity (Wildman–Crippen MR) is 79.7 cm³/mol. The van der Waals surface area contributed by atoms with Gasteiger partial charge in [-0.05, 0) is 17.7 Å². The van der Waals surface area contributed by atoms with Gasteiger partial charge in [-0.2, -0.15) is 0 Å². The Kier molecular flexibility index (Phi) is 2.80. The number of hydrogen-bond donors (Lipinski definition) is 0. The Hall–Kier alpha value is -1.11. The molecule has 0 radical (unpaired) electrons. The van der Waals surface area contributed by atoms with E-state index in [4.69, 9.17) is 4.74 Å². The number of nitrogens with zero attached hydrogens (tertiary/aromatic N) is 2. The molecule has 3 aliphatic heterocycles. The molecule has 0 aromatic heterocycles. The highest BCUT2D eigenvalue weighted by molar-refractivity contribution is 7.86. The fourth-order valence-corrected chi connectivity index (χ4v) is 5.10. The van der Waals surface area contributed by atoms with Crippen LogP contribution in [0.4, 0.5) is 11.4 Å². The van der Waals surface area contributed by atoms with Gasteiger partial charge in [0.15, 0.2) is 0 Å². The highest BCUT2D eigenvalue weighted by atomic mass is 32.2. The smallest absolute Gasteiger partial charge is 0.0642 e. The second-order valence-corrected chi connectivity index (χ2v) is 7.30. The van der Waals surface area contributed by atoms with E-state index in [9.17, 15) is 9.42 Å². The number of hydroxylamine groups is 1. The summed E-state index contributed by atoms with van der Waals surface area (Å²) in [4.78, 5) is 2.25. The summed E-state index contributed by atoms with van der Waals surface area (Å²) in [5.74, 6) is 1.27. The zero-order chi connectivity index (χ0) is 13.7. The molecule has 2 saturated heterocycles. The highest BCUT2D eigenvalue weighted by Gasteiger charge is 2.49. The second kappa shape index (κ2) is 4.44. The summed E-state index contributed by atoms with van der Waals surface area (Å²) in [5.41, 5.74) is 2.80. The lowest BCUT2D eigenvalue weighted by molar-refractivity contribution is 0.122. The molecule has 20 heavy (non-hydrogen) atoms.